The molecular weight excluding hydrogens is 375 g/mol. The number of carbonyl (C=O) groups is 2. The van der Waals surface area contributed by atoms with Crippen molar-refractivity contribution in [1.82, 2.24) is 15.2 Å². The third kappa shape index (κ3) is 9.57. The molecule has 1 N–H and O–H groups in total. The minimum atomic E-state index is -4.46. The van der Waals surface area contributed by atoms with Crippen LogP contribution in [0.1, 0.15) is 51.5 Å². The zero-order valence-electron chi connectivity index (χ0n) is 16.3. The van der Waals surface area contributed by atoms with Crippen LogP contribution in [0.2, 0.25) is 0 Å². The molecule has 9 heteroatoms. The lowest BCUT2D eigenvalue weighted by atomic mass is 10.2. The van der Waals surface area contributed by atoms with E-state index in [9.17, 15) is 22.8 Å². The molecule has 0 saturated carbocycles. The fourth-order valence-electron chi connectivity index (χ4n) is 2.58. The molecule has 0 radical (unpaired) electrons. The normalized spacial score (nSPS) is 11.2. The largest absolute Gasteiger partial charge is 0.468 e. The van der Waals surface area contributed by atoms with Gasteiger partial charge < -0.3 is 15.0 Å². The van der Waals surface area contributed by atoms with Crippen molar-refractivity contribution >= 4 is 11.8 Å². The van der Waals surface area contributed by atoms with Gasteiger partial charge in [0.25, 0.3) is 0 Å². The van der Waals surface area contributed by atoms with Crippen molar-refractivity contribution in [2.45, 2.75) is 58.7 Å². The zero-order valence-corrected chi connectivity index (χ0v) is 16.3. The summed E-state index contributed by atoms with van der Waals surface area (Å²) in [6, 6.07) is 3.09. The maximum atomic E-state index is 12.3. The van der Waals surface area contributed by atoms with E-state index in [1.165, 1.54) is 12.3 Å². The van der Waals surface area contributed by atoms with Gasteiger partial charge >= 0.3 is 6.18 Å². The average Bonchev–Trinajstić information content (AvgIpc) is 2.64. The third-order valence-corrected chi connectivity index (χ3v) is 3.83. The van der Waals surface area contributed by atoms with E-state index < -0.39 is 12.8 Å². The predicted molar refractivity (Wildman–Crippen MR) is 98.6 cm³/mol. The van der Waals surface area contributed by atoms with Crippen LogP contribution in [-0.2, 0) is 16.1 Å². The lowest BCUT2D eigenvalue weighted by Gasteiger charge is -2.21. The number of carbonyl (C=O) groups excluding carboxylic acids is 2. The Labute approximate surface area is 163 Å². The Bertz CT molecular complexity index is 618. The smallest absolute Gasteiger partial charge is 0.422 e. The number of ether oxygens (including phenoxy) is 1. The Morgan fingerprint density at radius 1 is 1.18 bits per heavy atom. The van der Waals surface area contributed by atoms with E-state index in [0.29, 0.717) is 31.5 Å². The number of nitrogens with one attached hydrogen (secondary N) is 1. The van der Waals surface area contributed by atoms with Crippen LogP contribution < -0.4 is 10.1 Å². The minimum absolute atomic E-state index is 0.00556. The average molecular weight is 403 g/mol. The van der Waals surface area contributed by atoms with Crippen molar-refractivity contribution in [3.8, 4) is 5.88 Å². The molecule has 0 fully saturated rings. The first kappa shape index (κ1) is 23.7. The Morgan fingerprint density at radius 3 is 2.46 bits per heavy atom. The van der Waals surface area contributed by atoms with Gasteiger partial charge in [-0.2, -0.15) is 13.2 Å². The van der Waals surface area contributed by atoms with Gasteiger partial charge in [-0.1, -0.05) is 19.9 Å². The molecule has 2 amide bonds. The predicted octanol–water partition coefficient (Wildman–Crippen LogP) is 3.46. The van der Waals surface area contributed by atoms with Gasteiger partial charge in [-0.05, 0) is 25.3 Å². The van der Waals surface area contributed by atoms with Crippen molar-refractivity contribution in [2.75, 3.05) is 19.7 Å². The Balaban J connectivity index is 2.42. The molecule has 0 aliphatic carbocycles. The van der Waals surface area contributed by atoms with Crippen LogP contribution in [0.4, 0.5) is 13.2 Å². The second kappa shape index (κ2) is 12.2. The van der Waals surface area contributed by atoms with Gasteiger partial charge in [0.15, 0.2) is 6.61 Å². The van der Waals surface area contributed by atoms with E-state index in [2.05, 4.69) is 15.0 Å². The summed E-state index contributed by atoms with van der Waals surface area (Å²) in [5.74, 6) is -0.410. The van der Waals surface area contributed by atoms with Crippen LogP contribution in [0.25, 0.3) is 0 Å². The summed E-state index contributed by atoms with van der Waals surface area (Å²) in [5.41, 5.74) is 0.355. The zero-order chi connectivity index (χ0) is 21.0. The highest BCUT2D eigenvalue weighted by Crippen LogP contribution is 2.19. The van der Waals surface area contributed by atoms with Gasteiger partial charge in [-0.3, -0.25) is 9.59 Å². The standard InChI is InChI=1S/C19H28F3N3O3/c1-3-11-25(12-4-2)17(27)9-5-8-16(26)24-13-15-7-6-10-23-18(15)28-14-19(20,21)22/h6-7,10H,3-5,8-9,11-14H2,1-2H3,(H,24,26). The van der Waals surface area contributed by atoms with Crippen molar-refractivity contribution in [1.29, 1.82) is 0 Å². The number of pyridine rings is 1. The maximum Gasteiger partial charge on any atom is 0.422 e. The highest BCUT2D eigenvalue weighted by Gasteiger charge is 2.29. The summed E-state index contributed by atoms with van der Waals surface area (Å²) >= 11 is 0. The fourth-order valence-corrected chi connectivity index (χ4v) is 2.58. The van der Waals surface area contributed by atoms with Crippen molar-refractivity contribution in [3.63, 3.8) is 0 Å². The van der Waals surface area contributed by atoms with Crippen LogP contribution in [0, 0.1) is 0 Å². The number of hydrogen-bond donors (Lipinski definition) is 1. The third-order valence-electron chi connectivity index (χ3n) is 3.83. The maximum absolute atomic E-state index is 12.3. The summed E-state index contributed by atoms with van der Waals surface area (Å²) in [6.45, 7) is 3.99. The highest BCUT2D eigenvalue weighted by atomic mass is 19.4. The van der Waals surface area contributed by atoms with Crippen LogP contribution in [0.3, 0.4) is 0 Å². The van der Waals surface area contributed by atoms with Gasteiger partial charge in [-0.25, -0.2) is 4.98 Å². The van der Waals surface area contributed by atoms with Crippen LogP contribution in [0.15, 0.2) is 18.3 Å². The molecule has 6 nitrogen and oxygen atoms in total. The molecule has 1 aromatic rings. The topological polar surface area (TPSA) is 71.5 Å². The first-order valence-corrected chi connectivity index (χ1v) is 9.44. The first-order valence-electron chi connectivity index (χ1n) is 9.44. The van der Waals surface area contributed by atoms with Gasteiger partial charge in [0.1, 0.15) is 0 Å². The second-order valence-electron chi connectivity index (χ2n) is 6.38. The van der Waals surface area contributed by atoms with Gasteiger partial charge in [0, 0.05) is 44.2 Å². The number of hydrogen-bond acceptors (Lipinski definition) is 4. The van der Waals surface area contributed by atoms with Crippen molar-refractivity contribution in [3.05, 3.63) is 23.9 Å². The minimum Gasteiger partial charge on any atom is -0.468 e. The van der Waals surface area contributed by atoms with Crippen molar-refractivity contribution in [2.24, 2.45) is 0 Å². The van der Waals surface area contributed by atoms with Crippen LogP contribution in [-0.4, -0.2) is 47.6 Å². The van der Waals surface area contributed by atoms with E-state index in [1.54, 1.807) is 11.0 Å². The molecule has 1 heterocycles. The highest BCUT2D eigenvalue weighted by molar-refractivity contribution is 5.79. The Hall–Kier alpha value is -2.32. The number of alkyl halides is 3. The van der Waals surface area contributed by atoms with E-state index in [-0.39, 0.29) is 30.7 Å². The molecule has 0 saturated heterocycles. The number of rotatable bonds is 12. The van der Waals surface area contributed by atoms with Crippen LogP contribution in [0.5, 0.6) is 5.88 Å². The van der Waals surface area contributed by atoms with E-state index in [0.717, 1.165) is 12.8 Å². The lowest BCUT2D eigenvalue weighted by molar-refractivity contribution is -0.154. The molecule has 1 aromatic heterocycles. The van der Waals surface area contributed by atoms with Gasteiger partial charge in [0.2, 0.25) is 17.7 Å². The summed E-state index contributed by atoms with van der Waals surface area (Å²) < 4.78 is 41.6. The monoisotopic (exact) mass is 403 g/mol. The SMILES string of the molecule is CCCN(CCC)C(=O)CCCC(=O)NCc1cccnc1OCC(F)(F)F. The molecular formula is C19H28F3N3O3. The van der Waals surface area contributed by atoms with Gasteiger partial charge in [-0.15, -0.1) is 0 Å². The summed E-state index contributed by atoms with van der Waals surface area (Å²) in [6.07, 6.45) is -0.503. The number of halogens is 3. The van der Waals surface area contributed by atoms with E-state index >= 15 is 0 Å². The van der Waals surface area contributed by atoms with E-state index in [4.69, 9.17) is 0 Å². The molecule has 0 bridgehead atoms. The van der Waals surface area contributed by atoms with Crippen molar-refractivity contribution < 1.29 is 27.5 Å². The molecule has 0 aliphatic heterocycles. The molecule has 1 rings (SSSR count). The molecule has 0 unspecified atom stereocenters. The molecule has 0 aromatic carbocycles. The fraction of sp³-hybridized carbons (Fsp3) is 0.632. The molecule has 158 valence electrons. The van der Waals surface area contributed by atoms with Crippen LogP contribution >= 0.6 is 0 Å². The summed E-state index contributed by atoms with van der Waals surface area (Å²) in [5, 5.41) is 2.62. The number of amides is 2. The first-order chi connectivity index (χ1) is 13.3. The Morgan fingerprint density at radius 2 is 1.86 bits per heavy atom. The number of aromatic nitrogens is 1. The molecule has 28 heavy (non-hydrogen) atoms. The van der Waals surface area contributed by atoms with Gasteiger partial charge in [0.05, 0.1) is 0 Å². The quantitative estimate of drug-likeness (QED) is 0.580. The second-order valence-corrected chi connectivity index (χ2v) is 6.38. The molecule has 0 spiro atoms. The number of nitrogens with zero attached hydrogens (tertiary/aromatic N) is 2. The Kier molecular flexibility index (Phi) is 10.3. The summed E-state index contributed by atoms with van der Waals surface area (Å²) in [4.78, 5) is 29.7. The summed E-state index contributed by atoms with van der Waals surface area (Å²) in [7, 11) is 0. The van der Waals surface area contributed by atoms with E-state index in [1.807, 2.05) is 13.8 Å². The lowest BCUT2D eigenvalue weighted by Crippen LogP contribution is -2.32. The molecule has 0 atom stereocenters. The molecule has 0 aliphatic rings.